The van der Waals surface area contributed by atoms with Gasteiger partial charge in [-0.1, -0.05) is 12.1 Å². The number of nitrogens with one attached hydrogen (secondary N) is 1. The summed E-state index contributed by atoms with van der Waals surface area (Å²) in [5.74, 6) is 0.560. The summed E-state index contributed by atoms with van der Waals surface area (Å²) in [5, 5.41) is 23.8. The molecule has 23 heavy (non-hydrogen) atoms. The summed E-state index contributed by atoms with van der Waals surface area (Å²) in [4.78, 5) is 18.8. The number of nitro groups is 1. The largest absolute Gasteiger partial charge is 0.387 e. The molecule has 1 atom stereocenters. The van der Waals surface area contributed by atoms with Gasteiger partial charge in [-0.3, -0.25) is 15.1 Å². The zero-order valence-electron chi connectivity index (χ0n) is 12.1. The van der Waals surface area contributed by atoms with Crippen LogP contribution in [0.2, 0.25) is 0 Å². The molecule has 3 aromatic rings. The Labute approximate surface area is 131 Å². The SMILES string of the molecule is O=[N+]([O-])c1ccc([C@H](O)CNc2cnc3ccccc3n2)cc1. The molecule has 2 N–H and O–H groups in total. The Kier molecular flexibility index (Phi) is 4.11. The van der Waals surface area contributed by atoms with E-state index in [-0.39, 0.29) is 12.2 Å². The van der Waals surface area contributed by atoms with Gasteiger partial charge in [0, 0.05) is 18.7 Å². The zero-order valence-corrected chi connectivity index (χ0v) is 12.1. The fourth-order valence-electron chi connectivity index (χ4n) is 2.18. The van der Waals surface area contributed by atoms with Crippen LogP contribution in [0.15, 0.2) is 54.7 Å². The highest BCUT2D eigenvalue weighted by Gasteiger charge is 2.11. The van der Waals surface area contributed by atoms with Crippen LogP contribution in [0.25, 0.3) is 11.0 Å². The lowest BCUT2D eigenvalue weighted by Gasteiger charge is -2.12. The Balaban J connectivity index is 1.67. The van der Waals surface area contributed by atoms with Gasteiger partial charge in [-0.05, 0) is 29.8 Å². The molecule has 0 amide bonds. The molecule has 1 heterocycles. The number of aromatic nitrogens is 2. The summed E-state index contributed by atoms with van der Waals surface area (Å²) < 4.78 is 0. The number of non-ortho nitro benzene ring substituents is 1. The minimum absolute atomic E-state index is 0.00527. The van der Waals surface area contributed by atoms with Crippen LogP contribution >= 0.6 is 0 Å². The van der Waals surface area contributed by atoms with E-state index in [9.17, 15) is 15.2 Å². The van der Waals surface area contributed by atoms with Crippen LogP contribution in [-0.4, -0.2) is 26.5 Å². The minimum Gasteiger partial charge on any atom is -0.387 e. The second-order valence-corrected chi connectivity index (χ2v) is 4.99. The number of nitrogens with zero attached hydrogens (tertiary/aromatic N) is 3. The van der Waals surface area contributed by atoms with Crippen LogP contribution in [-0.2, 0) is 0 Å². The summed E-state index contributed by atoms with van der Waals surface area (Å²) in [6.45, 7) is 0.227. The van der Waals surface area contributed by atoms with Crippen LogP contribution in [0.5, 0.6) is 0 Å². The maximum atomic E-state index is 10.6. The van der Waals surface area contributed by atoms with Gasteiger partial charge in [0.15, 0.2) is 0 Å². The van der Waals surface area contributed by atoms with Gasteiger partial charge in [-0.2, -0.15) is 0 Å². The van der Waals surface area contributed by atoms with Crippen LogP contribution < -0.4 is 5.32 Å². The second-order valence-electron chi connectivity index (χ2n) is 4.99. The van der Waals surface area contributed by atoms with Gasteiger partial charge in [-0.25, -0.2) is 4.98 Å². The lowest BCUT2D eigenvalue weighted by atomic mass is 10.1. The zero-order chi connectivity index (χ0) is 16.2. The predicted octanol–water partition coefficient (Wildman–Crippen LogP) is 2.68. The second kappa shape index (κ2) is 6.37. The quantitative estimate of drug-likeness (QED) is 0.555. The van der Waals surface area contributed by atoms with Gasteiger partial charge in [0.1, 0.15) is 5.82 Å². The van der Waals surface area contributed by atoms with E-state index in [1.165, 1.54) is 24.3 Å². The number of nitro benzene ring substituents is 1. The van der Waals surface area contributed by atoms with Gasteiger partial charge >= 0.3 is 0 Å². The minimum atomic E-state index is -0.802. The molecule has 0 aliphatic heterocycles. The third kappa shape index (κ3) is 3.41. The summed E-state index contributed by atoms with van der Waals surface area (Å²) in [6.07, 6.45) is 0.800. The van der Waals surface area contributed by atoms with E-state index in [0.29, 0.717) is 11.4 Å². The molecule has 0 unspecified atom stereocenters. The highest BCUT2D eigenvalue weighted by atomic mass is 16.6. The molecule has 0 saturated carbocycles. The topological polar surface area (TPSA) is 101 Å². The summed E-state index contributed by atoms with van der Waals surface area (Å²) in [7, 11) is 0. The van der Waals surface area contributed by atoms with Crippen LogP contribution in [0.3, 0.4) is 0 Å². The molecule has 7 nitrogen and oxygen atoms in total. The number of hydrogen-bond acceptors (Lipinski definition) is 6. The van der Waals surface area contributed by atoms with Gasteiger partial charge in [-0.15, -0.1) is 0 Å². The summed E-state index contributed by atoms with van der Waals surface area (Å²) in [5.41, 5.74) is 2.16. The molecular formula is C16H14N4O3. The number of aliphatic hydroxyl groups is 1. The van der Waals surface area contributed by atoms with E-state index in [0.717, 1.165) is 11.0 Å². The molecule has 0 radical (unpaired) electrons. The van der Waals surface area contributed by atoms with Crippen molar-refractivity contribution in [3.05, 3.63) is 70.4 Å². The molecule has 0 aliphatic rings. The molecule has 0 saturated heterocycles. The predicted molar refractivity (Wildman–Crippen MR) is 86.1 cm³/mol. The first-order chi connectivity index (χ1) is 11.1. The van der Waals surface area contributed by atoms with E-state index in [2.05, 4.69) is 15.3 Å². The number of hydrogen-bond donors (Lipinski definition) is 2. The fraction of sp³-hybridized carbons (Fsp3) is 0.125. The van der Waals surface area contributed by atoms with Crippen molar-refractivity contribution >= 4 is 22.5 Å². The molecule has 7 heteroatoms. The number of anilines is 1. The van der Waals surface area contributed by atoms with E-state index >= 15 is 0 Å². The Bertz CT molecular complexity index is 836. The highest BCUT2D eigenvalue weighted by Crippen LogP contribution is 2.18. The number of benzene rings is 2. The number of fused-ring (bicyclic) bond motifs is 1. The average molecular weight is 310 g/mol. The number of para-hydroxylation sites is 2. The molecule has 0 aliphatic carbocycles. The lowest BCUT2D eigenvalue weighted by molar-refractivity contribution is -0.384. The number of aliphatic hydroxyl groups excluding tert-OH is 1. The van der Waals surface area contributed by atoms with Crippen molar-refractivity contribution in [1.29, 1.82) is 0 Å². The van der Waals surface area contributed by atoms with Crippen LogP contribution in [0, 0.1) is 10.1 Å². The molecule has 3 rings (SSSR count). The third-order valence-corrected chi connectivity index (χ3v) is 3.41. The third-order valence-electron chi connectivity index (χ3n) is 3.41. The first-order valence-electron chi connectivity index (χ1n) is 7.01. The lowest BCUT2D eigenvalue weighted by Crippen LogP contribution is -2.13. The fourth-order valence-corrected chi connectivity index (χ4v) is 2.18. The average Bonchev–Trinajstić information content (AvgIpc) is 2.59. The summed E-state index contributed by atoms with van der Waals surface area (Å²) >= 11 is 0. The maximum Gasteiger partial charge on any atom is 0.269 e. The van der Waals surface area contributed by atoms with Crippen molar-refractivity contribution in [1.82, 2.24) is 9.97 Å². The van der Waals surface area contributed by atoms with Crippen LogP contribution in [0.1, 0.15) is 11.7 Å². The van der Waals surface area contributed by atoms with Gasteiger partial charge < -0.3 is 10.4 Å². The van der Waals surface area contributed by atoms with Gasteiger partial charge in [0.05, 0.1) is 28.3 Å². The van der Waals surface area contributed by atoms with Crippen molar-refractivity contribution in [2.24, 2.45) is 0 Å². The molecule has 0 spiro atoms. The molecular weight excluding hydrogens is 296 g/mol. The Morgan fingerprint density at radius 2 is 1.83 bits per heavy atom. The molecule has 1 aromatic heterocycles. The van der Waals surface area contributed by atoms with Crippen molar-refractivity contribution in [3.63, 3.8) is 0 Å². The monoisotopic (exact) mass is 310 g/mol. The molecule has 0 fully saturated rings. The molecule has 2 aromatic carbocycles. The Morgan fingerprint density at radius 1 is 1.13 bits per heavy atom. The maximum absolute atomic E-state index is 10.6. The molecule has 116 valence electrons. The van der Waals surface area contributed by atoms with Crippen molar-refractivity contribution in [3.8, 4) is 0 Å². The standard InChI is InChI=1S/C16H14N4O3/c21-15(11-5-7-12(8-6-11)20(22)23)9-18-16-10-17-13-3-1-2-4-14(13)19-16/h1-8,10,15,21H,9H2,(H,18,19)/t15-/m1/s1. The normalized spacial score (nSPS) is 12.0. The van der Waals surface area contributed by atoms with Crippen molar-refractivity contribution in [2.75, 3.05) is 11.9 Å². The first-order valence-corrected chi connectivity index (χ1v) is 7.01. The van der Waals surface area contributed by atoms with Crippen molar-refractivity contribution in [2.45, 2.75) is 6.10 Å². The Hall–Kier alpha value is -3.06. The van der Waals surface area contributed by atoms with Crippen molar-refractivity contribution < 1.29 is 10.0 Å². The van der Waals surface area contributed by atoms with E-state index < -0.39 is 11.0 Å². The van der Waals surface area contributed by atoms with Gasteiger partial charge in [0.25, 0.3) is 5.69 Å². The van der Waals surface area contributed by atoms with Crippen LogP contribution in [0.4, 0.5) is 11.5 Å². The van der Waals surface area contributed by atoms with E-state index in [4.69, 9.17) is 0 Å². The first kappa shape index (κ1) is 14.9. The molecule has 0 bridgehead atoms. The Morgan fingerprint density at radius 3 is 2.52 bits per heavy atom. The van der Waals surface area contributed by atoms with E-state index in [1.807, 2.05) is 24.3 Å². The highest BCUT2D eigenvalue weighted by molar-refractivity contribution is 5.75. The smallest absolute Gasteiger partial charge is 0.269 e. The summed E-state index contributed by atoms with van der Waals surface area (Å²) in [6, 6.07) is 13.3. The number of rotatable bonds is 5. The van der Waals surface area contributed by atoms with E-state index in [1.54, 1.807) is 6.20 Å². The van der Waals surface area contributed by atoms with Gasteiger partial charge in [0.2, 0.25) is 0 Å².